The number of rotatable bonds is 51. The van der Waals surface area contributed by atoms with E-state index in [0.29, 0.717) is 12.8 Å². The molecule has 0 saturated heterocycles. The van der Waals surface area contributed by atoms with Crippen molar-refractivity contribution in [3.8, 4) is 0 Å². The summed E-state index contributed by atoms with van der Waals surface area (Å²) >= 11 is 0. The lowest BCUT2D eigenvalue weighted by molar-refractivity contribution is -0.161. The van der Waals surface area contributed by atoms with Gasteiger partial charge in [0.2, 0.25) is 0 Å². The third-order valence-corrected chi connectivity index (χ3v) is 12.2. The van der Waals surface area contributed by atoms with Crippen LogP contribution in [0.25, 0.3) is 0 Å². The Kier molecular flexibility index (Phi) is 53.9. The minimum atomic E-state index is -0.776. The van der Waals surface area contributed by atoms with Crippen molar-refractivity contribution in [2.45, 2.75) is 277 Å². The summed E-state index contributed by atoms with van der Waals surface area (Å²) in [5, 5.41) is 9.65. The number of hydrogen-bond acceptors (Lipinski definition) is 5. The molecule has 0 aromatic carbocycles. The molecule has 1 N–H and O–H groups in total. The van der Waals surface area contributed by atoms with Gasteiger partial charge in [-0.15, -0.1) is 0 Å². The molecule has 0 radical (unpaired) electrons. The van der Waals surface area contributed by atoms with Crippen LogP contribution in [-0.2, 0) is 19.1 Å². The summed E-state index contributed by atoms with van der Waals surface area (Å²) in [6.45, 7) is 4.05. The van der Waals surface area contributed by atoms with E-state index in [0.717, 1.165) is 83.5 Å². The zero-order valence-electron chi connectivity index (χ0n) is 43.4. The number of esters is 2. The third-order valence-electron chi connectivity index (χ3n) is 12.2. The van der Waals surface area contributed by atoms with Crippen LogP contribution in [0.5, 0.6) is 0 Å². The first kappa shape index (κ1) is 63.1. The summed E-state index contributed by atoms with van der Waals surface area (Å²) in [6, 6.07) is 0. The SMILES string of the molecule is CC/C=C\C/C=C\C/C=C\C/C=C\C/C=C\C/C=C\C/C=C\CCCCCCCCCCCCCC(=O)OC(CO)COC(=O)CCCCCCCCCCCCCCCCCCCCC. The van der Waals surface area contributed by atoms with Gasteiger partial charge in [0.05, 0.1) is 6.61 Å². The van der Waals surface area contributed by atoms with Gasteiger partial charge in [-0.2, -0.15) is 0 Å². The van der Waals surface area contributed by atoms with Crippen molar-refractivity contribution in [1.82, 2.24) is 0 Å². The summed E-state index contributed by atoms with van der Waals surface area (Å²) in [7, 11) is 0. The second-order valence-electron chi connectivity index (χ2n) is 18.6. The molecule has 1 unspecified atom stereocenters. The second kappa shape index (κ2) is 56.4. The monoisotopic (exact) mass is 919 g/mol. The summed E-state index contributed by atoms with van der Waals surface area (Å²) in [5.74, 6) is -0.586. The number of aliphatic hydroxyl groups excluding tert-OH is 1. The highest BCUT2D eigenvalue weighted by Gasteiger charge is 2.16. The van der Waals surface area contributed by atoms with E-state index < -0.39 is 6.10 Å². The number of hydrogen-bond donors (Lipinski definition) is 1. The Morgan fingerprint density at radius 2 is 0.652 bits per heavy atom. The van der Waals surface area contributed by atoms with Gasteiger partial charge in [-0.3, -0.25) is 9.59 Å². The highest BCUT2D eigenvalue weighted by atomic mass is 16.6. The van der Waals surface area contributed by atoms with E-state index in [1.165, 1.54) is 161 Å². The van der Waals surface area contributed by atoms with Crippen molar-refractivity contribution in [3.05, 3.63) is 85.1 Å². The summed E-state index contributed by atoms with van der Waals surface area (Å²) in [4.78, 5) is 24.5. The van der Waals surface area contributed by atoms with Gasteiger partial charge in [-0.1, -0.05) is 272 Å². The maximum absolute atomic E-state index is 12.3. The zero-order valence-corrected chi connectivity index (χ0v) is 43.4. The molecule has 5 nitrogen and oxygen atoms in total. The van der Waals surface area contributed by atoms with Crippen molar-refractivity contribution in [1.29, 1.82) is 0 Å². The Morgan fingerprint density at radius 1 is 0.364 bits per heavy atom. The lowest BCUT2D eigenvalue weighted by Crippen LogP contribution is -2.28. The van der Waals surface area contributed by atoms with Crippen LogP contribution in [-0.4, -0.2) is 36.4 Å². The van der Waals surface area contributed by atoms with Crippen LogP contribution in [0.2, 0.25) is 0 Å². The number of aliphatic hydroxyl groups is 1. The van der Waals surface area contributed by atoms with Gasteiger partial charge in [-0.25, -0.2) is 0 Å². The van der Waals surface area contributed by atoms with E-state index in [9.17, 15) is 14.7 Å². The summed E-state index contributed by atoms with van der Waals surface area (Å²) in [6.07, 6.45) is 78.3. The molecule has 0 spiro atoms. The summed E-state index contributed by atoms with van der Waals surface area (Å²) < 4.78 is 10.7. The highest BCUT2D eigenvalue weighted by Crippen LogP contribution is 2.16. The standard InChI is InChI=1S/C61H106O5/c1-3-5-7-9-11-13-15-17-19-21-23-24-25-26-27-28-29-30-31-32-33-34-35-36-38-40-42-44-46-48-50-52-54-56-61(64)66-59(57-62)58-65-60(63)55-53-51-49-47-45-43-41-39-37-22-20-18-16-14-12-10-8-6-4-2/h5,7,11,13,17,19,23-24,26-27,29-30,32-33,59,62H,3-4,6,8-10,12,14-16,18,20-22,25,28,31,34-58H2,1-2H3/b7-5-,13-11-,19-17-,24-23-,27-26-,30-29-,33-32-. The van der Waals surface area contributed by atoms with Crippen LogP contribution in [0.1, 0.15) is 271 Å². The van der Waals surface area contributed by atoms with E-state index in [2.05, 4.69) is 98.9 Å². The predicted molar refractivity (Wildman–Crippen MR) is 288 cm³/mol. The Labute approximate surface area is 409 Å². The Balaban J connectivity index is 3.52. The quantitative estimate of drug-likeness (QED) is 0.0374. The zero-order chi connectivity index (χ0) is 47.7. The highest BCUT2D eigenvalue weighted by molar-refractivity contribution is 5.70. The largest absolute Gasteiger partial charge is 0.462 e. The Bertz CT molecular complexity index is 1220. The molecular formula is C61H106O5. The maximum atomic E-state index is 12.3. The molecule has 0 aromatic rings. The van der Waals surface area contributed by atoms with Gasteiger partial charge in [-0.05, 0) is 70.6 Å². The molecule has 380 valence electrons. The normalized spacial score (nSPS) is 12.8. The molecule has 0 rings (SSSR count). The molecule has 0 heterocycles. The average Bonchev–Trinajstić information content (AvgIpc) is 3.32. The fraction of sp³-hybridized carbons (Fsp3) is 0.738. The van der Waals surface area contributed by atoms with E-state index in [1.54, 1.807) is 0 Å². The predicted octanol–water partition coefficient (Wildman–Crippen LogP) is 19.0. The molecule has 0 bridgehead atoms. The lowest BCUT2D eigenvalue weighted by Gasteiger charge is -2.15. The Morgan fingerprint density at radius 3 is 0.985 bits per heavy atom. The molecule has 5 heteroatoms. The lowest BCUT2D eigenvalue weighted by atomic mass is 10.0. The Hall–Kier alpha value is -2.92. The second-order valence-corrected chi connectivity index (χ2v) is 18.6. The molecular weight excluding hydrogens is 813 g/mol. The van der Waals surface area contributed by atoms with Crippen LogP contribution < -0.4 is 0 Å². The fourth-order valence-corrected chi connectivity index (χ4v) is 8.01. The van der Waals surface area contributed by atoms with Crippen molar-refractivity contribution >= 4 is 11.9 Å². The maximum Gasteiger partial charge on any atom is 0.306 e. The molecule has 0 aliphatic heterocycles. The van der Waals surface area contributed by atoms with Gasteiger partial charge < -0.3 is 14.6 Å². The topological polar surface area (TPSA) is 72.8 Å². The molecule has 0 amide bonds. The van der Waals surface area contributed by atoms with Crippen LogP contribution in [0.4, 0.5) is 0 Å². The summed E-state index contributed by atoms with van der Waals surface area (Å²) in [5.41, 5.74) is 0. The first-order valence-electron chi connectivity index (χ1n) is 28.1. The third kappa shape index (κ3) is 53.7. The van der Waals surface area contributed by atoms with E-state index >= 15 is 0 Å². The average molecular weight is 920 g/mol. The van der Waals surface area contributed by atoms with Crippen molar-refractivity contribution < 1.29 is 24.2 Å². The van der Waals surface area contributed by atoms with Crippen LogP contribution in [0.15, 0.2) is 85.1 Å². The smallest absolute Gasteiger partial charge is 0.306 e. The van der Waals surface area contributed by atoms with E-state index in [-0.39, 0.29) is 25.2 Å². The first-order chi connectivity index (χ1) is 32.6. The molecule has 0 fully saturated rings. The van der Waals surface area contributed by atoms with Crippen LogP contribution in [0, 0.1) is 0 Å². The van der Waals surface area contributed by atoms with Gasteiger partial charge in [0.25, 0.3) is 0 Å². The molecule has 66 heavy (non-hydrogen) atoms. The van der Waals surface area contributed by atoms with Crippen LogP contribution in [0.3, 0.4) is 0 Å². The molecule has 0 aromatic heterocycles. The van der Waals surface area contributed by atoms with Gasteiger partial charge in [0.1, 0.15) is 6.61 Å². The van der Waals surface area contributed by atoms with Crippen molar-refractivity contribution in [3.63, 3.8) is 0 Å². The number of unbranched alkanes of at least 4 members (excludes halogenated alkanes) is 29. The number of carbonyl (C=O) groups is 2. The van der Waals surface area contributed by atoms with Crippen LogP contribution >= 0.6 is 0 Å². The molecule has 0 aliphatic rings. The van der Waals surface area contributed by atoms with E-state index in [1.807, 2.05) is 0 Å². The number of carbonyl (C=O) groups excluding carboxylic acids is 2. The molecule has 1 atom stereocenters. The van der Waals surface area contributed by atoms with Gasteiger partial charge in [0.15, 0.2) is 6.10 Å². The van der Waals surface area contributed by atoms with Crippen molar-refractivity contribution in [2.24, 2.45) is 0 Å². The van der Waals surface area contributed by atoms with Crippen molar-refractivity contribution in [2.75, 3.05) is 13.2 Å². The fourth-order valence-electron chi connectivity index (χ4n) is 8.01. The number of allylic oxidation sites excluding steroid dienone is 14. The number of ether oxygens (including phenoxy) is 2. The van der Waals surface area contributed by atoms with Gasteiger partial charge in [0, 0.05) is 12.8 Å². The minimum Gasteiger partial charge on any atom is -0.462 e. The first-order valence-corrected chi connectivity index (χ1v) is 28.1. The molecule has 0 saturated carbocycles. The van der Waals surface area contributed by atoms with Gasteiger partial charge >= 0.3 is 11.9 Å². The van der Waals surface area contributed by atoms with E-state index in [4.69, 9.17) is 9.47 Å². The molecule has 0 aliphatic carbocycles. The minimum absolute atomic E-state index is 0.0665.